The number of ketones is 1. The monoisotopic (exact) mass is 308 g/mol. The molecule has 0 aliphatic heterocycles. The first-order chi connectivity index (χ1) is 10.1. The highest BCUT2D eigenvalue weighted by atomic mass is 35.5. The van der Waals surface area contributed by atoms with Gasteiger partial charge in [-0.15, -0.1) is 0 Å². The molecule has 1 aromatic heterocycles. The first-order valence-electron chi connectivity index (χ1n) is 6.76. The van der Waals surface area contributed by atoms with Crippen LogP contribution in [0, 0.1) is 6.92 Å². The van der Waals surface area contributed by atoms with Crippen LogP contribution in [0.15, 0.2) is 28.9 Å². The zero-order valence-electron chi connectivity index (χ0n) is 12.2. The minimum absolute atomic E-state index is 0.272. The highest BCUT2D eigenvalue weighted by Gasteiger charge is 2.21. The molecule has 1 aromatic carbocycles. The zero-order chi connectivity index (χ0) is 15.4. The Kier molecular flexibility index (Phi) is 4.91. The molecule has 0 N–H and O–H groups in total. The van der Waals surface area contributed by atoms with Crippen molar-refractivity contribution in [3.8, 4) is 11.5 Å². The molecular formula is C16H17ClO4. The van der Waals surface area contributed by atoms with Gasteiger partial charge in [0.1, 0.15) is 0 Å². The molecule has 0 fully saturated rings. The molecule has 5 heteroatoms. The number of carbonyl (C=O) groups is 1. The third-order valence-electron chi connectivity index (χ3n) is 2.95. The molecule has 112 valence electrons. The number of furan rings is 1. The Balaban J connectivity index is 2.46. The topological polar surface area (TPSA) is 48.7 Å². The summed E-state index contributed by atoms with van der Waals surface area (Å²) in [5.74, 6) is 1.03. The predicted octanol–water partition coefficient (Wildman–Crippen LogP) is 4.27. The molecule has 21 heavy (non-hydrogen) atoms. The van der Waals surface area contributed by atoms with Crippen LogP contribution in [0.5, 0.6) is 11.5 Å². The molecular weight excluding hydrogens is 292 g/mol. The summed E-state index contributed by atoms with van der Waals surface area (Å²) in [5.41, 5.74) is 1.10. The standard InChI is InChI=1S/C16H17ClO4/c1-4-19-13-8-11(12(17)9-14(13)20-5-2)15(18)16-10(3)6-7-21-16/h6-9H,4-5H2,1-3H3. The van der Waals surface area contributed by atoms with Crippen LogP contribution in [0.2, 0.25) is 5.02 Å². The SMILES string of the molecule is CCOc1cc(Cl)c(C(=O)c2occc2C)cc1OCC. The van der Waals surface area contributed by atoms with E-state index in [-0.39, 0.29) is 11.5 Å². The van der Waals surface area contributed by atoms with E-state index in [1.54, 1.807) is 18.2 Å². The maximum atomic E-state index is 12.5. The first-order valence-corrected chi connectivity index (χ1v) is 7.14. The number of benzene rings is 1. The van der Waals surface area contributed by atoms with Crippen LogP contribution in [-0.2, 0) is 0 Å². The average molecular weight is 309 g/mol. The van der Waals surface area contributed by atoms with E-state index in [0.717, 1.165) is 5.56 Å². The Morgan fingerprint density at radius 2 is 1.81 bits per heavy atom. The van der Waals surface area contributed by atoms with Gasteiger partial charge in [-0.2, -0.15) is 0 Å². The summed E-state index contributed by atoms with van der Waals surface area (Å²) in [6.45, 7) is 6.50. The Morgan fingerprint density at radius 3 is 2.33 bits per heavy atom. The second-order valence-electron chi connectivity index (χ2n) is 4.41. The fraction of sp³-hybridized carbons (Fsp3) is 0.312. The third-order valence-corrected chi connectivity index (χ3v) is 3.26. The van der Waals surface area contributed by atoms with Gasteiger partial charge in [0, 0.05) is 11.6 Å². The number of hydrogen-bond donors (Lipinski definition) is 0. The van der Waals surface area contributed by atoms with Crippen molar-refractivity contribution < 1.29 is 18.7 Å². The van der Waals surface area contributed by atoms with Crippen molar-refractivity contribution in [3.05, 3.63) is 46.4 Å². The predicted molar refractivity (Wildman–Crippen MR) is 80.7 cm³/mol. The fourth-order valence-electron chi connectivity index (χ4n) is 1.97. The molecule has 0 spiro atoms. The summed E-state index contributed by atoms with van der Waals surface area (Å²) in [7, 11) is 0. The Morgan fingerprint density at radius 1 is 1.19 bits per heavy atom. The van der Waals surface area contributed by atoms with Gasteiger partial charge in [0.05, 0.1) is 24.5 Å². The molecule has 0 aliphatic carbocycles. The van der Waals surface area contributed by atoms with Crippen molar-refractivity contribution in [2.75, 3.05) is 13.2 Å². The lowest BCUT2D eigenvalue weighted by Gasteiger charge is -2.13. The second-order valence-corrected chi connectivity index (χ2v) is 4.81. The number of aryl methyl sites for hydroxylation is 1. The Bertz CT molecular complexity index is 646. The van der Waals surface area contributed by atoms with E-state index in [1.165, 1.54) is 6.26 Å². The van der Waals surface area contributed by atoms with Crippen molar-refractivity contribution in [1.82, 2.24) is 0 Å². The number of carbonyl (C=O) groups excluding carboxylic acids is 1. The lowest BCUT2D eigenvalue weighted by molar-refractivity contribution is 0.101. The molecule has 0 radical (unpaired) electrons. The quantitative estimate of drug-likeness (QED) is 0.748. The molecule has 0 unspecified atom stereocenters. The van der Waals surface area contributed by atoms with Crippen molar-refractivity contribution in [3.63, 3.8) is 0 Å². The highest BCUT2D eigenvalue weighted by molar-refractivity contribution is 6.35. The van der Waals surface area contributed by atoms with E-state index in [4.69, 9.17) is 25.5 Å². The van der Waals surface area contributed by atoms with E-state index in [2.05, 4.69) is 0 Å². The molecule has 2 rings (SSSR count). The van der Waals surface area contributed by atoms with E-state index in [0.29, 0.717) is 35.3 Å². The molecule has 0 saturated heterocycles. The lowest BCUT2D eigenvalue weighted by atomic mass is 10.1. The fourth-order valence-corrected chi connectivity index (χ4v) is 2.21. The molecule has 1 heterocycles. The van der Waals surface area contributed by atoms with Gasteiger partial charge >= 0.3 is 0 Å². The zero-order valence-corrected chi connectivity index (χ0v) is 13.0. The number of halogens is 1. The molecule has 2 aromatic rings. The number of rotatable bonds is 6. The number of ether oxygens (including phenoxy) is 2. The minimum Gasteiger partial charge on any atom is -0.490 e. The summed E-state index contributed by atoms with van der Waals surface area (Å²) >= 11 is 6.20. The van der Waals surface area contributed by atoms with E-state index in [1.807, 2.05) is 20.8 Å². The Hall–Kier alpha value is -1.94. The smallest absolute Gasteiger partial charge is 0.230 e. The number of hydrogen-bond acceptors (Lipinski definition) is 4. The van der Waals surface area contributed by atoms with Crippen LogP contribution in [-0.4, -0.2) is 19.0 Å². The molecule has 0 bridgehead atoms. The van der Waals surface area contributed by atoms with Gasteiger partial charge in [0.25, 0.3) is 0 Å². The third kappa shape index (κ3) is 3.22. The lowest BCUT2D eigenvalue weighted by Crippen LogP contribution is -2.05. The van der Waals surface area contributed by atoms with Gasteiger partial charge in [0.2, 0.25) is 5.78 Å². The maximum Gasteiger partial charge on any atom is 0.230 e. The van der Waals surface area contributed by atoms with E-state index < -0.39 is 0 Å². The maximum absolute atomic E-state index is 12.5. The minimum atomic E-state index is -0.272. The molecule has 4 nitrogen and oxygen atoms in total. The van der Waals surface area contributed by atoms with Crippen LogP contribution in [0.1, 0.15) is 35.5 Å². The van der Waals surface area contributed by atoms with Crippen LogP contribution >= 0.6 is 11.6 Å². The first kappa shape index (κ1) is 15.4. The average Bonchev–Trinajstić information content (AvgIpc) is 2.87. The van der Waals surface area contributed by atoms with Crippen molar-refractivity contribution in [2.24, 2.45) is 0 Å². The van der Waals surface area contributed by atoms with Gasteiger partial charge in [-0.1, -0.05) is 11.6 Å². The van der Waals surface area contributed by atoms with Crippen LogP contribution in [0.25, 0.3) is 0 Å². The molecule has 0 atom stereocenters. The van der Waals surface area contributed by atoms with Crippen LogP contribution < -0.4 is 9.47 Å². The van der Waals surface area contributed by atoms with Crippen LogP contribution in [0.3, 0.4) is 0 Å². The summed E-state index contributed by atoms with van der Waals surface area (Å²) in [4.78, 5) is 12.5. The summed E-state index contributed by atoms with van der Waals surface area (Å²) < 4.78 is 16.2. The van der Waals surface area contributed by atoms with Crippen molar-refractivity contribution >= 4 is 17.4 Å². The highest BCUT2D eigenvalue weighted by Crippen LogP contribution is 2.35. The summed E-state index contributed by atoms with van der Waals surface area (Å²) in [6.07, 6.45) is 1.48. The van der Waals surface area contributed by atoms with Gasteiger partial charge in [0.15, 0.2) is 17.3 Å². The molecule has 0 aliphatic rings. The summed E-state index contributed by atoms with van der Waals surface area (Å²) in [5, 5.41) is 0.308. The Labute approximate surface area is 128 Å². The van der Waals surface area contributed by atoms with Gasteiger partial charge < -0.3 is 13.9 Å². The summed E-state index contributed by atoms with van der Waals surface area (Å²) in [6, 6.07) is 4.93. The second kappa shape index (κ2) is 6.68. The molecule has 0 amide bonds. The van der Waals surface area contributed by atoms with Gasteiger partial charge in [-0.25, -0.2) is 0 Å². The largest absolute Gasteiger partial charge is 0.490 e. The molecule has 0 saturated carbocycles. The van der Waals surface area contributed by atoms with Crippen LogP contribution in [0.4, 0.5) is 0 Å². The van der Waals surface area contributed by atoms with E-state index in [9.17, 15) is 4.79 Å². The normalized spacial score (nSPS) is 10.5. The van der Waals surface area contributed by atoms with Crippen molar-refractivity contribution in [1.29, 1.82) is 0 Å². The van der Waals surface area contributed by atoms with E-state index >= 15 is 0 Å². The van der Waals surface area contributed by atoms with Crippen molar-refractivity contribution in [2.45, 2.75) is 20.8 Å². The van der Waals surface area contributed by atoms with Gasteiger partial charge in [-0.3, -0.25) is 4.79 Å². The van der Waals surface area contributed by atoms with Gasteiger partial charge in [-0.05, 0) is 38.5 Å².